The summed E-state index contributed by atoms with van der Waals surface area (Å²) in [5.41, 5.74) is 6.13. The van der Waals surface area contributed by atoms with E-state index >= 15 is 0 Å². The Morgan fingerprint density at radius 2 is 1.82 bits per heavy atom. The minimum atomic E-state index is 0.336. The molecule has 0 fully saturated rings. The van der Waals surface area contributed by atoms with Gasteiger partial charge in [-0.3, -0.25) is 4.79 Å². The van der Waals surface area contributed by atoms with Crippen LogP contribution in [0.2, 0.25) is 10.0 Å². The minimum absolute atomic E-state index is 0.336. The fourth-order valence-corrected chi connectivity index (χ4v) is 1.02. The van der Waals surface area contributed by atoms with E-state index in [1.54, 1.807) is 0 Å². The summed E-state index contributed by atoms with van der Waals surface area (Å²) >= 11 is 11.2. The number of aldehydes is 1. The summed E-state index contributed by atoms with van der Waals surface area (Å²) in [5, 5.41) is 0.692. The normalized spacial score (nSPS) is 9.64. The van der Waals surface area contributed by atoms with E-state index in [0.29, 0.717) is 27.6 Å². The van der Waals surface area contributed by atoms with Crippen molar-refractivity contribution in [2.24, 2.45) is 0 Å². The van der Waals surface area contributed by atoms with Crippen molar-refractivity contribution in [2.45, 2.75) is 0 Å². The average molecular weight is 190 g/mol. The zero-order valence-corrected chi connectivity index (χ0v) is 6.99. The van der Waals surface area contributed by atoms with Crippen molar-refractivity contribution in [1.29, 1.82) is 0 Å². The van der Waals surface area contributed by atoms with E-state index in [1.807, 2.05) is 0 Å². The Morgan fingerprint density at radius 1 is 1.27 bits per heavy atom. The van der Waals surface area contributed by atoms with Crippen LogP contribution in [0.1, 0.15) is 10.4 Å². The summed E-state index contributed by atoms with van der Waals surface area (Å²) in [7, 11) is 0. The van der Waals surface area contributed by atoms with Crippen molar-refractivity contribution in [2.75, 3.05) is 5.73 Å². The summed E-state index contributed by atoms with van der Waals surface area (Å²) in [4.78, 5) is 10.3. The highest BCUT2D eigenvalue weighted by atomic mass is 35.5. The molecule has 0 aliphatic rings. The zero-order chi connectivity index (χ0) is 8.43. The van der Waals surface area contributed by atoms with Crippen molar-refractivity contribution < 1.29 is 4.79 Å². The molecule has 0 radical (unpaired) electrons. The van der Waals surface area contributed by atoms with Crippen LogP contribution in [-0.2, 0) is 0 Å². The molecule has 0 saturated heterocycles. The summed E-state index contributed by atoms with van der Waals surface area (Å²) in [6.07, 6.45) is 0.636. The number of hydrogen-bond donors (Lipinski definition) is 1. The second kappa shape index (κ2) is 3.11. The molecule has 11 heavy (non-hydrogen) atoms. The molecule has 2 N–H and O–H groups in total. The van der Waals surface area contributed by atoms with Gasteiger partial charge in [0.05, 0.1) is 10.0 Å². The summed E-state index contributed by atoms with van der Waals surface area (Å²) in [6.45, 7) is 0. The van der Waals surface area contributed by atoms with E-state index in [4.69, 9.17) is 28.9 Å². The minimum Gasteiger partial charge on any atom is -0.398 e. The summed E-state index contributed by atoms with van der Waals surface area (Å²) in [6, 6.07) is 2.89. The first-order chi connectivity index (χ1) is 5.15. The van der Waals surface area contributed by atoms with Crippen molar-refractivity contribution in [3.63, 3.8) is 0 Å². The molecule has 58 valence electrons. The first-order valence-corrected chi connectivity index (χ1v) is 3.60. The van der Waals surface area contributed by atoms with E-state index in [2.05, 4.69) is 0 Å². The lowest BCUT2D eigenvalue weighted by molar-refractivity contribution is 0.112. The second-order valence-electron chi connectivity index (χ2n) is 2.01. The van der Waals surface area contributed by atoms with Crippen molar-refractivity contribution in [3.05, 3.63) is 27.7 Å². The fraction of sp³-hybridized carbons (Fsp3) is 0. The number of halogens is 2. The smallest absolute Gasteiger partial charge is 0.152 e. The maximum absolute atomic E-state index is 10.3. The molecule has 0 spiro atoms. The van der Waals surface area contributed by atoms with Crippen LogP contribution in [0.25, 0.3) is 0 Å². The fourth-order valence-electron chi connectivity index (χ4n) is 0.680. The van der Waals surface area contributed by atoms with Crippen LogP contribution < -0.4 is 5.73 Å². The number of anilines is 1. The first kappa shape index (κ1) is 8.37. The third kappa shape index (κ3) is 1.64. The number of carbonyl (C=O) groups is 1. The molecule has 0 aliphatic carbocycles. The lowest BCUT2D eigenvalue weighted by atomic mass is 10.2. The molecular weight excluding hydrogens is 185 g/mol. The van der Waals surface area contributed by atoms with Crippen molar-refractivity contribution in [3.8, 4) is 0 Å². The molecule has 4 heteroatoms. The molecule has 0 aromatic heterocycles. The molecule has 0 atom stereocenters. The van der Waals surface area contributed by atoms with E-state index in [0.717, 1.165) is 0 Å². The van der Waals surface area contributed by atoms with Crippen molar-refractivity contribution in [1.82, 2.24) is 0 Å². The van der Waals surface area contributed by atoms with Crippen LogP contribution in [0.15, 0.2) is 12.1 Å². The van der Waals surface area contributed by atoms with Gasteiger partial charge in [-0.15, -0.1) is 0 Å². The monoisotopic (exact) mass is 189 g/mol. The lowest BCUT2D eigenvalue weighted by Gasteiger charge is -2.00. The van der Waals surface area contributed by atoms with Gasteiger partial charge in [0, 0.05) is 11.3 Å². The van der Waals surface area contributed by atoms with Gasteiger partial charge in [0.25, 0.3) is 0 Å². The van der Waals surface area contributed by atoms with Crippen LogP contribution in [0.3, 0.4) is 0 Å². The van der Waals surface area contributed by atoms with Gasteiger partial charge in [-0.2, -0.15) is 0 Å². The molecule has 2 nitrogen and oxygen atoms in total. The summed E-state index contributed by atoms with van der Waals surface area (Å²) < 4.78 is 0. The highest BCUT2D eigenvalue weighted by molar-refractivity contribution is 6.42. The molecule has 0 unspecified atom stereocenters. The quantitative estimate of drug-likeness (QED) is 0.545. The van der Waals surface area contributed by atoms with E-state index in [9.17, 15) is 4.79 Å². The molecule has 1 aromatic rings. The molecule has 1 rings (SSSR count). The Hall–Kier alpha value is -0.730. The van der Waals surface area contributed by atoms with Crippen LogP contribution >= 0.6 is 23.2 Å². The Kier molecular flexibility index (Phi) is 2.37. The zero-order valence-electron chi connectivity index (χ0n) is 5.47. The average Bonchev–Trinajstić information content (AvgIpc) is 1.97. The van der Waals surface area contributed by atoms with Gasteiger partial charge in [0.2, 0.25) is 0 Å². The topological polar surface area (TPSA) is 43.1 Å². The Labute approximate surface area is 73.9 Å². The van der Waals surface area contributed by atoms with Crippen molar-refractivity contribution >= 4 is 35.2 Å². The Balaban J connectivity index is 3.31. The van der Waals surface area contributed by atoms with Crippen LogP contribution in [-0.4, -0.2) is 6.29 Å². The number of carbonyl (C=O) groups excluding carboxylic acids is 1. The van der Waals surface area contributed by atoms with Gasteiger partial charge in [0.15, 0.2) is 6.29 Å². The molecular formula is C7H5Cl2NO. The van der Waals surface area contributed by atoms with Gasteiger partial charge in [0.1, 0.15) is 0 Å². The van der Waals surface area contributed by atoms with Gasteiger partial charge in [-0.1, -0.05) is 23.2 Å². The molecule has 0 amide bonds. The standard InChI is InChI=1S/C7H5Cl2NO/c8-5-1-4(3-11)7(10)2-6(5)9/h1-3H,10H2. The predicted octanol–water partition coefficient (Wildman–Crippen LogP) is 2.39. The molecule has 1 aromatic carbocycles. The van der Waals surface area contributed by atoms with Gasteiger partial charge in [-0.05, 0) is 12.1 Å². The molecule has 0 heterocycles. The second-order valence-corrected chi connectivity index (χ2v) is 2.83. The third-order valence-electron chi connectivity index (χ3n) is 1.25. The van der Waals surface area contributed by atoms with Gasteiger partial charge < -0.3 is 5.73 Å². The summed E-state index contributed by atoms with van der Waals surface area (Å²) in [5.74, 6) is 0. The van der Waals surface area contributed by atoms with Gasteiger partial charge in [-0.25, -0.2) is 0 Å². The van der Waals surface area contributed by atoms with Crippen LogP contribution in [0.4, 0.5) is 5.69 Å². The maximum Gasteiger partial charge on any atom is 0.152 e. The highest BCUT2D eigenvalue weighted by Crippen LogP contribution is 2.26. The van der Waals surface area contributed by atoms with E-state index in [1.165, 1.54) is 12.1 Å². The van der Waals surface area contributed by atoms with E-state index < -0.39 is 0 Å². The number of nitrogen functional groups attached to an aromatic ring is 1. The Morgan fingerprint density at radius 3 is 2.36 bits per heavy atom. The SMILES string of the molecule is Nc1cc(Cl)c(Cl)cc1C=O. The third-order valence-corrected chi connectivity index (χ3v) is 1.98. The number of benzene rings is 1. The molecule has 0 aliphatic heterocycles. The predicted molar refractivity (Wildman–Crippen MR) is 46.3 cm³/mol. The molecule has 0 saturated carbocycles. The van der Waals surface area contributed by atoms with E-state index in [-0.39, 0.29) is 0 Å². The van der Waals surface area contributed by atoms with Crippen LogP contribution in [0, 0.1) is 0 Å². The number of rotatable bonds is 1. The largest absolute Gasteiger partial charge is 0.398 e. The highest BCUT2D eigenvalue weighted by Gasteiger charge is 2.02. The first-order valence-electron chi connectivity index (χ1n) is 2.85. The number of hydrogen-bond acceptors (Lipinski definition) is 2. The number of nitrogens with two attached hydrogens (primary N) is 1. The van der Waals surface area contributed by atoms with Crippen LogP contribution in [0.5, 0.6) is 0 Å². The van der Waals surface area contributed by atoms with Gasteiger partial charge >= 0.3 is 0 Å². The molecule has 0 bridgehead atoms. The lowest BCUT2D eigenvalue weighted by Crippen LogP contribution is -1.92. The maximum atomic E-state index is 10.3. The Bertz CT molecular complexity index is 299.